The van der Waals surface area contributed by atoms with E-state index in [-0.39, 0.29) is 16.9 Å². The van der Waals surface area contributed by atoms with Gasteiger partial charge in [-0.3, -0.25) is 0 Å². The van der Waals surface area contributed by atoms with Gasteiger partial charge in [-0.15, -0.1) is 0 Å². The zero-order valence-corrected chi connectivity index (χ0v) is 11.2. The van der Waals surface area contributed by atoms with E-state index in [1.807, 2.05) is 0 Å². The van der Waals surface area contributed by atoms with Crippen LogP contribution in [0.1, 0.15) is 5.56 Å². The van der Waals surface area contributed by atoms with Gasteiger partial charge in [0, 0.05) is 13.1 Å². The molecule has 3 aromatic rings. The Labute approximate surface area is 121 Å². The smallest absolute Gasteiger partial charge is 0.416 e. The largest absolute Gasteiger partial charge is 0.619 e. The van der Waals surface area contributed by atoms with Gasteiger partial charge in [0.25, 0.3) is 0 Å². The van der Waals surface area contributed by atoms with Gasteiger partial charge >= 0.3 is 6.18 Å². The summed E-state index contributed by atoms with van der Waals surface area (Å²) in [5.41, 5.74) is -0.248. The molecule has 22 heavy (non-hydrogen) atoms. The Hall–Kier alpha value is -2.64. The lowest BCUT2D eigenvalue weighted by molar-refractivity contribution is -0.607. The summed E-state index contributed by atoms with van der Waals surface area (Å²) in [6, 6.07) is 4.37. The molecule has 0 unspecified atom stereocenters. The van der Waals surface area contributed by atoms with E-state index in [1.165, 1.54) is 16.7 Å². The molecular formula is C14H9F4N3O. The first-order valence-corrected chi connectivity index (χ1v) is 6.20. The molecule has 0 radical (unpaired) electrons. The first-order chi connectivity index (χ1) is 10.3. The molecule has 0 N–H and O–H groups in total. The van der Waals surface area contributed by atoms with E-state index in [2.05, 4.69) is 4.98 Å². The third kappa shape index (κ3) is 2.26. The molecular weight excluding hydrogens is 302 g/mol. The van der Waals surface area contributed by atoms with Gasteiger partial charge in [0.1, 0.15) is 5.82 Å². The fourth-order valence-electron chi connectivity index (χ4n) is 2.25. The zero-order valence-electron chi connectivity index (χ0n) is 11.2. The number of hydrogen-bond donors (Lipinski definition) is 0. The molecule has 0 fully saturated rings. The van der Waals surface area contributed by atoms with Crippen LogP contribution < -0.4 is 4.73 Å². The van der Waals surface area contributed by atoms with Gasteiger partial charge in [-0.05, 0) is 18.2 Å². The topological polar surface area (TPSA) is 44.8 Å². The Bertz CT molecular complexity index is 870. The van der Waals surface area contributed by atoms with Crippen LogP contribution in [0, 0.1) is 11.0 Å². The quantitative estimate of drug-likeness (QED) is 0.394. The Kier molecular flexibility index (Phi) is 3.05. The summed E-state index contributed by atoms with van der Waals surface area (Å²) in [6.07, 6.45) is -2.65. The highest BCUT2D eigenvalue weighted by atomic mass is 19.4. The number of aromatic nitrogens is 3. The normalized spacial score (nSPS) is 12.0. The lowest BCUT2D eigenvalue weighted by Crippen LogP contribution is -2.25. The first kappa shape index (κ1) is 14.3. The van der Waals surface area contributed by atoms with Crippen LogP contribution in [0.25, 0.3) is 22.4 Å². The van der Waals surface area contributed by atoms with Gasteiger partial charge in [-0.25, -0.2) is 4.98 Å². The molecule has 4 nitrogen and oxygen atoms in total. The molecule has 1 aromatic carbocycles. The lowest BCUT2D eigenvalue weighted by atomic mass is 10.2. The molecule has 0 bridgehead atoms. The molecule has 0 atom stereocenters. The van der Waals surface area contributed by atoms with Crippen LogP contribution in [-0.4, -0.2) is 9.55 Å². The average molecular weight is 311 g/mol. The Morgan fingerprint density at radius 2 is 1.95 bits per heavy atom. The van der Waals surface area contributed by atoms with Gasteiger partial charge in [0.2, 0.25) is 6.20 Å². The van der Waals surface area contributed by atoms with Crippen LogP contribution >= 0.6 is 0 Å². The van der Waals surface area contributed by atoms with E-state index in [4.69, 9.17) is 0 Å². The summed E-state index contributed by atoms with van der Waals surface area (Å²) >= 11 is 0. The van der Waals surface area contributed by atoms with Crippen molar-refractivity contribution in [2.75, 3.05) is 0 Å². The highest BCUT2D eigenvalue weighted by Crippen LogP contribution is 2.32. The number of pyridine rings is 1. The molecule has 114 valence electrons. The highest BCUT2D eigenvalue weighted by molar-refractivity contribution is 5.81. The number of fused-ring (bicyclic) bond motifs is 1. The molecule has 8 heteroatoms. The number of alkyl halides is 3. The van der Waals surface area contributed by atoms with Crippen LogP contribution in [0.2, 0.25) is 0 Å². The number of halogens is 4. The van der Waals surface area contributed by atoms with E-state index in [0.717, 1.165) is 24.5 Å². The van der Waals surface area contributed by atoms with Crippen molar-refractivity contribution < 1.29 is 22.3 Å². The van der Waals surface area contributed by atoms with E-state index < -0.39 is 17.6 Å². The SMILES string of the molecule is Cn1c(-c2cc[n+]([O-])cc2F)nc2cc(C(F)(F)F)ccc21. The van der Waals surface area contributed by atoms with Crippen LogP contribution in [-0.2, 0) is 13.2 Å². The number of aryl methyl sites for hydroxylation is 1. The van der Waals surface area contributed by atoms with Crippen molar-refractivity contribution in [1.82, 2.24) is 9.55 Å². The predicted molar refractivity (Wildman–Crippen MR) is 70.1 cm³/mol. The third-order valence-electron chi connectivity index (χ3n) is 3.34. The van der Waals surface area contributed by atoms with Gasteiger partial charge in [0.05, 0.1) is 22.2 Å². The number of nitrogens with zero attached hydrogens (tertiary/aromatic N) is 3. The summed E-state index contributed by atoms with van der Waals surface area (Å²) in [4.78, 5) is 4.06. The van der Waals surface area contributed by atoms with Crippen LogP contribution in [0.4, 0.5) is 17.6 Å². The summed E-state index contributed by atoms with van der Waals surface area (Å²) < 4.78 is 53.8. The van der Waals surface area contributed by atoms with Crippen LogP contribution in [0.5, 0.6) is 0 Å². The molecule has 2 heterocycles. The Balaban J connectivity index is 2.21. The molecule has 2 aromatic heterocycles. The molecule has 0 aliphatic carbocycles. The van der Waals surface area contributed by atoms with Crippen molar-refractivity contribution in [3.63, 3.8) is 0 Å². The minimum absolute atomic E-state index is 0.0411. The zero-order chi connectivity index (χ0) is 16.1. The Morgan fingerprint density at radius 1 is 1.23 bits per heavy atom. The van der Waals surface area contributed by atoms with Crippen molar-refractivity contribution in [3.05, 3.63) is 53.2 Å². The van der Waals surface area contributed by atoms with E-state index in [0.29, 0.717) is 10.2 Å². The van der Waals surface area contributed by atoms with Crippen LogP contribution in [0.3, 0.4) is 0 Å². The maximum Gasteiger partial charge on any atom is 0.416 e. The minimum atomic E-state index is -4.47. The third-order valence-corrected chi connectivity index (χ3v) is 3.34. The number of benzene rings is 1. The van der Waals surface area contributed by atoms with Crippen LogP contribution in [0.15, 0.2) is 36.7 Å². The van der Waals surface area contributed by atoms with Crippen molar-refractivity contribution in [2.45, 2.75) is 6.18 Å². The molecule has 0 aliphatic rings. The number of hydrogen-bond acceptors (Lipinski definition) is 2. The second-order valence-electron chi connectivity index (χ2n) is 4.76. The maximum atomic E-state index is 13.9. The lowest BCUT2D eigenvalue weighted by Gasteiger charge is -2.06. The Morgan fingerprint density at radius 3 is 2.59 bits per heavy atom. The number of imidazole rings is 1. The monoisotopic (exact) mass is 311 g/mol. The van der Waals surface area contributed by atoms with Gasteiger partial charge in [0.15, 0.2) is 12.0 Å². The van der Waals surface area contributed by atoms with E-state index in [1.54, 1.807) is 7.05 Å². The van der Waals surface area contributed by atoms with Crippen molar-refractivity contribution in [3.8, 4) is 11.4 Å². The maximum absolute atomic E-state index is 13.9. The fraction of sp³-hybridized carbons (Fsp3) is 0.143. The van der Waals surface area contributed by atoms with Crippen molar-refractivity contribution in [2.24, 2.45) is 7.05 Å². The van der Waals surface area contributed by atoms with E-state index in [9.17, 15) is 22.8 Å². The standard InChI is InChI=1S/C14H9F4N3O/c1-20-12-3-2-8(14(16,17)18)6-11(12)19-13(20)9-4-5-21(22)7-10(9)15/h2-7H,1H3. The fourth-order valence-corrected chi connectivity index (χ4v) is 2.25. The van der Waals surface area contributed by atoms with Gasteiger partial charge in [-0.2, -0.15) is 22.3 Å². The molecule has 3 rings (SSSR count). The van der Waals surface area contributed by atoms with Gasteiger partial charge < -0.3 is 9.77 Å². The second-order valence-corrected chi connectivity index (χ2v) is 4.76. The average Bonchev–Trinajstić information content (AvgIpc) is 2.75. The molecule has 0 saturated heterocycles. The van der Waals surface area contributed by atoms with E-state index >= 15 is 0 Å². The van der Waals surface area contributed by atoms with Crippen molar-refractivity contribution in [1.29, 1.82) is 0 Å². The minimum Gasteiger partial charge on any atom is -0.619 e. The summed E-state index contributed by atoms with van der Waals surface area (Å²) in [5.74, 6) is -0.653. The molecule has 0 spiro atoms. The predicted octanol–water partition coefficient (Wildman–Crippen LogP) is 3.03. The highest BCUT2D eigenvalue weighted by Gasteiger charge is 2.31. The number of rotatable bonds is 1. The molecule has 0 aliphatic heterocycles. The first-order valence-electron chi connectivity index (χ1n) is 6.20. The molecule has 0 saturated carbocycles. The van der Waals surface area contributed by atoms with Gasteiger partial charge in [-0.1, -0.05) is 0 Å². The van der Waals surface area contributed by atoms with Crippen molar-refractivity contribution >= 4 is 11.0 Å². The second kappa shape index (κ2) is 4.69. The summed E-state index contributed by atoms with van der Waals surface area (Å²) in [7, 11) is 1.57. The summed E-state index contributed by atoms with van der Waals surface area (Å²) in [5, 5.41) is 11.0. The molecule has 0 amide bonds. The summed E-state index contributed by atoms with van der Waals surface area (Å²) in [6.45, 7) is 0.